The van der Waals surface area contributed by atoms with E-state index < -0.39 is 6.10 Å². The summed E-state index contributed by atoms with van der Waals surface area (Å²) in [7, 11) is 0. The lowest BCUT2D eigenvalue weighted by atomic mass is 9.87. The summed E-state index contributed by atoms with van der Waals surface area (Å²) in [5.41, 5.74) is 1.43. The molecule has 0 spiro atoms. The van der Waals surface area contributed by atoms with Crippen LogP contribution in [0.15, 0.2) is 24.3 Å². The van der Waals surface area contributed by atoms with Crippen molar-refractivity contribution in [3.8, 4) is 5.75 Å². The highest BCUT2D eigenvalue weighted by Crippen LogP contribution is 2.24. The van der Waals surface area contributed by atoms with E-state index in [4.69, 9.17) is 14.6 Å². The summed E-state index contributed by atoms with van der Waals surface area (Å²) in [6.07, 6.45) is -0.439. The van der Waals surface area contributed by atoms with Gasteiger partial charge in [-0.05, 0) is 23.1 Å². The summed E-state index contributed by atoms with van der Waals surface area (Å²) in [5.74, 6) is 0.847. The minimum Gasteiger partial charge on any atom is -0.491 e. The first-order valence-corrected chi connectivity index (χ1v) is 10.2. The van der Waals surface area contributed by atoms with Crippen molar-refractivity contribution in [3.05, 3.63) is 29.8 Å². The lowest BCUT2D eigenvalue weighted by molar-refractivity contribution is -1.01. The first-order valence-electron chi connectivity index (χ1n) is 10.2. The predicted octanol–water partition coefficient (Wildman–Crippen LogP) is -1.48. The number of benzene rings is 1. The average Bonchev–Trinajstić information content (AvgIpc) is 2.63. The molecule has 1 aliphatic heterocycles. The van der Waals surface area contributed by atoms with Gasteiger partial charge in [0.1, 0.15) is 57.7 Å². The number of aliphatic hydroxyl groups excluding tert-OH is 2. The number of rotatable bonds is 10. The van der Waals surface area contributed by atoms with E-state index >= 15 is 0 Å². The van der Waals surface area contributed by atoms with Gasteiger partial charge in [0.05, 0.1) is 19.8 Å². The fourth-order valence-electron chi connectivity index (χ4n) is 3.45. The Balaban J connectivity index is 1.55. The van der Waals surface area contributed by atoms with Crippen LogP contribution in [0.4, 0.5) is 0 Å². The highest BCUT2D eigenvalue weighted by molar-refractivity contribution is 5.31. The molecule has 0 amide bonds. The third kappa shape index (κ3) is 8.15. The first-order chi connectivity index (χ1) is 12.9. The maximum Gasteiger partial charge on any atom is 0.127 e. The van der Waals surface area contributed by atoms with E-state index in [1.54, 1.807) is 0 Å². The van der Waals surface area contributed by atoms with Gasteiger partial charge in [-0.15, -0.1) is 0 Å². The average molecular weight is 383 g/mol. The van der Waals surface area contributed by atoms with Crippen LogP contribution in [0.5, 0.6) is 5.75 Å². The molecule has 1 saturated heterocycles. The van der Waals surface area contributed by atoms with Gasteiger partial charge < -0.3 is 29.5 Å². The van der Waals surface area contributed by atoms with Crippen LogP contribution in [0.1, 0.15) is 26.3 Å². The lowest BCUT2D eigenvalue weighted by Gasteiger charge is -2.30. The van der Waals surface area contributed by atoms with Crippen molar-refractivity contribution < 1.29 is 29.5 Å². The quantitative estimate of drug-likeness (QED) is 0.373. The molecule has 1 aromatic rings. The van der Waals surface area contributed by atoms with Gasteiger partial charge in [-0.2, -0.15) is 0 Å². The number of hydrogen-bond acceptors (Lipinski definition) is 4. The summed E-state index contributed by atoms with van der Waals surface area (Å²) in [6.45, 7) is 13.9. The molecular formula is C21H38N2O4+2. The minimum absolute atomic E-state index is 0.145. The molecule has 154 valence electrons. The molecule has 0 saturated carbocycles. The van der Waals surface area contributed by atoms with Crippen molar-refractivity contribution in [2.24, 2.45) is 0 Å². The molecule has 0 aliphatic carbocycles. The number of quaternary nitrogens is 2. The zero-order valence-electron chi connectivity index (χ0n) is 17.2. The van der Waals surface area contributed by atoms with Crippen LogP contribution in [0.3, 0.4) is 0 Å². The number of ether oxygens (including phenoxy) is 2. The Labute approximate surface area is 163 Å². The monoisotopic (exact) mass is 382 g/mol. The van der Waals surface area contributed by atoms with Crippen LogP contribution in [0.2, 0.25) is 0 Å². The van der Waals surface area contributed by atoms with Gasteiger partial charge >= 0.3 is 0 Å². The van der Waals surface area contributed by atoms with Gasteiger partial charge in [0, 0.05) is 0 Å². The Kier molecular flexibility index (Phi) is 8.99. The van der Waals surface area contributed by atoms with E-state index in [2.05, 4.69) is 32.9 Å². The standard InChI is InChI=1S/C21H36N2O4/c1-21(2,3)18-4-6-20(7-5-18)27-15-14-26-17-19(25)16-23-10-8-22(9-11-23)12-13-24/h4-7,19,24-25H,8-17H2,1-3H3/p+2/t19-/m0/s1. The maximum atomic E-state index is 10.2. The van der Waals surface area contributed by atoms with Crippen molar-refractivity contribution in [1.82, 2.24) is 0 Å². The Hall–Kier alpha value is -1.18. The van der Waals surface area contributed by atoms with Gasteiger partial charge in [-0.3, -0.25) is 0 Å². The molecule has 1 heterocycles. The Morgan fingerprint density at radius 1 is 1.00 bits per heavy atom. The molecule has 0 bridgehead atoms. The molecule has 6 nitrogen and oxygen atoms in total. The zero-order valence-corrected chi connectivity index (χ0v) is 17.2. The van der Waals surface area contributed by atoms with Crippen LogP contribution in [-0.4, -0.2) is 82.0 Å². The molecule has 6 heteroatoms. The maximum absolute atomic E-state index is 10.2. The first kappa shape index (κ1) is 22.1. The lowest BCUT2D eigenvalue weighted by Crippen LogP contribution is -3.28. The molecule has 4 N–H and O–H groups in total. The smallest absolute Gasteiger partial charge is 0.127 e. The van der Waals surface area contributed by atoms with Crippen LogP contribution in [-0.2, 0) is 10.2 Å². The molecule has 0 aromatic heterocycles. The van der Waals surface area contributed by atoms with E-state index in [1.807, 2.05) is 12.1 Å². The molecule has 1 atom stereocenters. The summed E-state index contributed by atoms with van der Waals surface area (Å²) < 4.78 is 11.3. The van der Waals surface area contributed by atoms with Crippen molar-refractivity contribution >= 4 is 0 Å². The Morgan fingerprint density at radius 3 is 2.22 bits per heavy atom. The molecule has 1 fully saturated rings. The molecule has 2 rings (SSSR count). The van der Waals surface area contributed by atoms with Gasteiger partial charge in [-0.25, -0.2) is 0 Å². The molecule has 1 aromatic carbocycles. The number of hydrogen-bond donors (Lipinski definition) is 4. The van der Waals surface area contributed by atoms with Gasteiger partial charge in [-0.1, -0.05) is 32.9 Å². The normalized spacial score (nSPS) is 21.8. The van der Waals surface area contributed by atoms with Crippen molar-refractivity contribution in [2.75, 3.05) is 65.7 Å². The predicted molar refractivity (Wildman–Crippen MR) is 106 cm³/mol. The second kappa shape index (κ2) is 11.0. The van der Waals surface area contributed by atoms with Gasteiger partial charge in [0.25, 0.3) is 0 Å². The van der Waals surface area contributed by atoms with Crippen LogP contribution >= 0.6 is 0 Å². The fraction of sp³-hybridized carbons (Fsp3) is 0.714. The Bertz CT molecular complexity index is 522. The molecular weight excluding hydrogens is 344 g/mol. The van der Waals surface area contributed by atoms with E-state index in [-0.39, 0.29) is 12.0 Å². The molecule has 27 heavy (non-hydrogen) atoms. The van der Waals surface area contributed by atoms with Crippen molar-refractivity contribution in [3.63, 3.8) is 0 Å². The second-order valence-electron chi connectivity index (χ2n) is 8.53. The van der Waals surface area contributed by atoms with E-state index in [0.29, 0.717) is 19.8 Å². The number of nitrogens with one attached hydrogen (secondary N) is 2. The van der Waals surface area contributed by atoms with Crippen LogP contribution in [0.25, 0.3) is 0 Å². The third-order valence-corrected chi connectivity index (χ3v) is 5.18. The topological polar surface area (TPSA) is 67.8 Å². The summed E-state index contributed by atoms with van der Waals surface area (Å²) in [5, 5.41) is 19.2. The van der Waals surface area contributed by atoms with Gasteiger partial charge in [0.15, 0.2) is 0 Å². The van der Waals surface area contributed by atoms with Gasteiger partial charge in [0.2, 0.25) is 0 Å². The summed E-state index contributed by atoms with van der Waals surface area (Å²) in [6, 6.07) is 8.20. The number of aliphatic hydroxyl groups is 2. The highest BCUT2D eigenvalue weighted by atomic mass is 16.5. The molecule has 1 aliphatic rings. The van der Waals surface area contributed by atoms with E-state index in [1.165, 1.54) is 15.4 Å². The highest BCUT2D eigenvalue weighted by Gasteiger charge is 2.24. The largest absolute Gasteiger partial charge is 0.491 e. The van der Waals surface area contributed by atoms with Crippen LogP contribution in [0, 0.1) is 0 Å². The molecule has 0 radical (unpaired) electrons. The van der Waals surface area contributed by atoms with E-state index in [0.717, 1.165) is 45.0 Å². The third-order valence-electron chi connectivity index (χ3n) is 5.18. The minimum atomic E-state index is -0.439. The van der Waals surface area contributed by atoms with Crippen molar-refractivity contribution in [2.45, 2.75) is 32.3 Å². The second-order valence-corrected chi connectivity index (χ2v) is 8.53. The van der Waals surface area contributed by atoms with E-state index in [9.17, 15) is 5.11 Å². The zero-order chi connectivity index (χ0) is 19.7. The summed E-state index contributed by atoms with van der Waals surface area (Å²) >= 11 is 0. The Morgan fingerprint density at radius 2 is 1.63 bits per heavy atom. The SMILES string of the molecule is CC(C)(C)c1ccc(OCCOC[C@@H](O)C[NH+]2CC[NH+](CCO)CC2)cc1. The number of piperazine rings is 1. The summed E-state index contributed by atoms with van der Waals surface area (Å²) in [4.78, 5) is 2.88. The van der Waals surface area contributed by atoms with Crippen LogP contribution < -0.4 is 14.5 Å². The van der Waals surface area contributed by atoms with Crippen molar-refractivity contribution in [1.29, 1.82) is 0 Å². The fourth-order valence-corrected chi connectivity index (χ4v) is 3.45. The molecule has 0 unspecified atom stereocenters.